The van der Waals surface area contributed by atoms with Gasteiger partial charge >= 0.3 is 5.97 Å². The zero-order chi connectivity index (χ0) is 13.9. The predicted octanol–water partition coefficient (Wildman–Crippen LogP) is 1.79. The van der Waals surface area contributed by atoms with Gasteiger partial charge in [-0.15, -0.1) is 0 Å². The number of nitrogens with zero attached hydrogens (tertiary/aromatic N) is 1. The highest BCUT2D eigenvalue weighted by Gasteiger charge is 2.24. The summed E-state index contributed by atoms with van der Waals surface area (Å²) in [5.74, 6) is -0.658. The number of carbonyl (C=O) groups excluding carboxylic acids is 1. The van der Waals surface area contributed by atoms with Gasteiger partial charge in [-0.25, -0.2) is 8.42 Å². The van der Waals surface area contributed by atoms with Gasteiger partial charge in [-0.05, 0) is 18.2 Å². The largest absolute Gasteiger partial charge is 0.468 e. The Kier molecular flexibility index (Phi) is 4.98. The van der Waals surface area contributed by atoms with Crippen LogP contribution in [-0.2, 0) is 19.6 Å². The Labute approximate surface area is 115 Å². The molecule has 0 saturated heterocycles. The van der Waals surface area contributed by atoms with E-state index in [9.17, 15) is 13.2 Å². The first kappa shape index (κ1) is 15.2. The number of likely N-dealkylation sites (N-methyl/N-ethyl adjacent to an activating group) is 1. The number of hydrogen-bond donors (Lipinski definition) is 0. The van der Waals surface area contributed by atoms with E-state index in [1.165, 1.54) is 32.4 Å². The van der Waals surface area contributed by atoms with Crippen LogP contribution >= 0.6 is 23.2 Å². The fraction of sp³-hybridized carbons (Fsp3) is 0.300. The summed E-state index contributed by atoms with van der Waals surface area (Å²) in [4.78, 5) is 11.0. The maximum atomic E-state index is 12.1. The van der Waals surface area contributed by atoms with Crippen molar-refractivity contribution >= 4 is 39.2 Å². The molecule has 18 heavy (non-hydrogen) atoms. The number of hydrogen-bond acceptors (Lipinski definition) is 4. The molecule has 1 rings (SSSR count). The number of carbonyl (C=O) groups is 1. The molecule has 0 aromatic heterocycles. The van der Waals surface area contributed by atoms with Crippen LogP contribution in [0.1, 0.15) is 0 Å². The molecule has 0 saturated carbocycles. The first-order chi connectivity index (χ1) is 8.27. The fourth-order valence-corrected chi connectivity index (χ4v) is 3.03. The zero-order valence-electron chi connectivity index (χ0n) is 9.68. The van der Waals surface area contributed by atoms with Gasteiger partial charge < -0.3 is 4.74 Å². The monoisotopic (exact) mass is 311 g/mol. The number of halogens is 2. The van der Waals surface area contributed by atoms with Crippen molar-refractivity contribution in [2.75, 3.05) is 20.7 Å². The molecule has 0 N–H and O–H groups in total. The Balaban J connectivity index is 3.09. The highest BCUT2D eigenvalue weighted by Crippen LogP contribution is 2.24. The van der Waals surface area contributed by atoms with E-state index in [0.29, 0.717) is 0 Å². The number of methoxy groups -OCH3 is 1. The normalized spacial score (nSPS) is 11.6. The van der Waals surface area contributed by atoms with Crippen LogP contribution in [0.25, 0.3) is 0 Å². The second-order valence-corrected chi connectivity index (χ2v) is 6.36. The Morgan fingerprint density at radius 2 is 1.78 bits per heavy atom. The fourth-order valence-electron chi connectivity index (χ4n) is 1.19. The number of esters is 1. The summed E-state index contributed by atoms with van der Waals surface area (Å²) in [6.45, 7) is -0.386. The Morgan fingerprint density at radius 3 is 2.22 bits per heavy atom. The summed E-state index contributed by atoms with van der Waals surface area (Å²) >= 11 is 11.5. The second kappa shape index (κ2) is 5.88. The molecule has 8 heteroatoms. The minimum absolute atomic E-state index is 0.0774. The van der Waals surface area contributed by atoms with Crippen LogP contribution in [-0.4, -0.2) is 39.4 Å². The molecule has 0 radical (unpaired) electrons. The Bertz CT molecular complexity index is 539. The summed E-state index contributed by atoms with van der Waals surface area (Å²) < 4.78 is 29.4. The first-order valence-electron chi connectivity index (χ1n) is 4.76. The van der Waals surface area contributed by atoms with Gasteiger partial charge in [0.25, 0.3) is 0 Å². The van der Waals surface area contributed by atoms with Crippen LogP contribution in [0.15, 0.2) is 23.1 Å². The van der Waals surface area contributed by atoms with Crippen molar-refractivity contribution in [1.82, 2.24) is 4.31 Å². The first-order valence-corrected chi connectivity index (χ1v) is 6.96. The third-order valence-electron chi connectivity index (χ3n) is 2.12. The highest BCUT2D eigenvalue weighted by molar-refractivity contribution is 7.89. The molecule has 0 aliphatic carbocycles. The van der Waals surface area contributed by atoms with E-state index in [2.05, 4.69) is 4.74 Å². The van der Waals surface area contributed by atoms with Gasteiger partial charge in [0.1, 0.15) is 6.54 Å². The summed E-state index contributed by atoms with van der Waals surface area (Å²) in [5.41, 5.74) is 0. The minimum atomic E-state index is -3.83. The highest BCUT2D eigenvalue weighted by atomic mass is 35.5. The van der Waals surface area contributed by atoms with Gasteiger partial charge in [0, 0.05) is 17.1 Å². The molecule has 0 spiro atoms. The topological polar surface area (TPSA) is 63.7 Å². The van der Waals surface area contributed by atoms with E-state index in [0.717, 1.165) is 4.31 Å². The van der Waals surface area contributed by atoms with Crippen molar-refractivity contribution in [2.24, 2.45) is 0 Å². The van der Waals surface area contributed by atoms with E-state index in [4.69, 9.17) is 23.2 Å². The lowest BCUT2D eigenvalue weighted by Gasteiger charge is -2.16. The Hall–Kier alpha value is -0.820. The van der Waals surface area contributed by atoms with Gasteiger partial charge in [0.05, 0.1) is 12.0 Å². The molecule has 100 valence electrons. The average molecular weight is 312 g/mol. The molecule has 0 bridgehead atoms. The molecule has 5 nitrogen and oxygen atoms in total. The molecule has 0 aliphatic rings. The third-order valence-corrected chi connectivity index (χ3v) is 4.34. The predicted molar refractivity (Wildman–Crippen MR) is 68.3 cm³/mol. The smallest absolute Gasteiger partial charge is 0.321 e. The van der Waals surface area contributed by atoms with Crippen molar-refractivity contribution in [2.45, 2.75) is 4.90 Å². The molecule has 1 aromatic carbocycles. The quantitative estimate of drug-likeness (QED) is 0.795. The average Bonchev–Trinajstić information content (AvgIpc) is 2.27. The molecule has 0 amide bonds. The number of ether oxygens (including phenoxy) is 1. The van der Waals surface area contributed by atoms with Gasteiger partial charge in [-0.2, -0.15) is 4.31 Å². The number of rotatable bonds is 4. The molecule has 0 atom stereocenters. The van der Waals surface area contributed by atoms with Gasteiger partial charge in [-0.1, -0.05) is 23.2 Å². The molecule has 0 fully saturated rings. The Morgan fingerprint density at radius 1 is 1.28 bits per heavy atom. The summed E-state index contributed by atoms with van der Waals surface area (Å²) in [7, 11) is -1.38. The SMILES string of the molecule is COC(=O)CN(C)S(=O)(=O)c1cc(Cl)cc(Cl)c1. The lowest BCUT2D eigenvalue weighted by Crippen LogP contribution is -2.32. The minimum Gasteiger partial charge on any atom is -0.468 e. The lowest BCUT2D eigenvalue weighted by atomic mass is 10.4. The maximum absolute atomic E-state index is 12.1. The molecule has 0 aliphatic heterocycles. The van der Waals surface area contributed by atoms with E-state index in [-0.39, 0.29) is 21.5 Å². The van der Waals surface area contributed by atoms with Gasteiger partial charge in [0.2, 0.25) is 10.0 Å². The van der Waals surface area contributed by atoms with Crippen LogP contribution < -0.4 is 0 Å². The van der Waals surface area contributed by atoms with Crippen molar-refractivity contribution < 1.29 is 17.9 Å². The molecule has 0 heterocycles. The summed E-state index contributed by atoms with van der Waals surface area (Å²) in [6.07, 6.45) is 0. The third kappa shape index (κ3) is 3.58. The van der Waals surface area contributed by atoms with E-state index >= 15 is 0 Å². The number of benzene rings is 1. The van der Waals surface area contributed by atoms with Gasteiger partial charge in [-0.3, -0.25) is 4.79 Å². The van der Waals surface area contributed by atoms with Crippen LogP contribution in [0.4, 0.5) is 0 Å². The van der Waals surface area contributed by atoms with Crippen molar-refractivity contribution in [3.8, 4) is 0 Å². The van der Waals surface area contributed by atoms with Crippen LogP contribution in [0.2, 0.25) is 10.0 Å². The van der Waals surface area contributed by atoms with Crippen molar-refractivity contribution in [3.63, 3.8) is 0 Å². The van der Waals surface area contributed by atoms with Crippen molar-refractivity contribution in [3.05, 3.63) is 28.2 Å². The van der Waals surface area contributed by atoms with E-state index < -0.39 is 16.0 Å². The van der Waals surface area contributed by atoms with E-state index in [1.807, 2.05) is 0 Å². The molecular weight excluding hydrogens is 301 g/mol. The maximum Gasteiger partial charge on any atom is 0.321 e. The van der Waals surface area contributed by atoms with Crippen LogP contribution in [0, 0.1) is 0 Å². The zero-order valence-corrected chi connectivity index (χ0v) is 12.0. The van der Waals surface area contributed by atoms with Gasteiger partial charge in [0.15, 0.2) is 0 Å². The molecule has 1 aromatic rings. The van der Waals surface area contributed by atoms with Crippen molar-refractivity contribution in [1.29, 1.82) is 0 Å². The summed E-state index contributed by atoms with van der Waals surface area (Å²) in [6, 6.07) is 3.94. The summed E-state index contributed by atoms with van der Waals surface area (Å²) in [5, 5.41) is 0.403. The standard InChI is InChI=1S/C10H11Cl2NO4S/c1-13(6-10(14)17-2)18(15,16)9-4-7(11)3-8(12)5-9/h3-5H,6H2,1-2H3. The lowest BCUT2D eigenvalue weighted by molar-refractivity contribution is -0.140. The molecular formula is C10H11Cl2NO4S. The van der Waals surface area contributed by atoms with Crippen LogP contribution in [0.5, 0.6) is 0 Å². The second-order valence-electron chi connectivity index (χ2n) is 3.44. The van der Waals surface area contributed by atoms with Crippen LogP contribution in [0.3, 0.4) is 0 Å². The van der Waals surface area contributed by atoms with E-state index in [1.54, 1.807) is 0 Å². The number of sulfonamides is 1. The molecule has 0 unspecified atom stereocenters.